The number of amides is 1. The van der Waals surface area contributed by atoms with Gasteiger partial charge in [0.1, 0.15) is 17.3 Å². The second-order valence-corrected chi connectivity index (χ2v) is 4.98. The molecule has 0 atom stereocenters. The van der Waals surface area contributed by atoms with Gasteiger partial charge in [-0.15, -0.1) is 0 Å². The first-order valence-electron chi connectivity index (χ1n) is 6.94. The fourth-order valence-corrected chi connectivity index (χ4v) is 2.01. The lowest BCUT2D eigenvalue weighted by Crippen LogP contribution is -2.15. The molecule has 2 N–H and O–H groups in total. The second kappa shape index (κ2) is 5.83. The van der Waals surface area contributed by atoms with Gasteiger partial charge in [-0.2, -0.15) is 0 Å². The molecule has 0 radical (unpaired) electrons. The van der Waals surface area contributed by atoms with Crippen LogP contribution in [0.25, 0.3) is 0 Å². The van der Waals surface area contributed by atoms with Crippen molar-refractivity contribution in [3.05, 3.63) is 48.2 Å². The van der Waals surface area contributed by atoms with Gasteiger partial charge in [-0.3, -0.25) is 4.79 Å². The van der Waals surface area contributed by atoms with Crippen molar-refractivity contribution in [3.63, 3.8) is 0 Å². The van der Waals surface area contributed by atoms with Gasteiger partial charge < -0.3 is 15.4 Å². The van der Waals surface area contributed by atoms with Crippen molar-refractivity contribution in [2.24, 2.45) is 0 Å². The average molecular weight is 283 g/mol. The van der Waals surface area contributed by atoms with Crippen LogP contribution in [-0.4, -0.2) is 24.0 Å². The van der Waals surface area contributed by atoms with Crippen LogP contribution in [0.3, 0.4) is 0 Å². The Bertz CT molecular complexity index is 653. The Kier molecular flexibility index (Phi) is 3.73. The summed E-state index contributed by atoms with van der Waals surface area (Å²) in [4.78, 5) is 16.6. The molecule has 1 aliphatic rings. The van der Waals surface area contributed by atoms with Crippen LogP contribution < -0.4 is 15.4 Å². The predicted molar refractivity (Wildman–Crippen MR) is 81.8 cm³/mol. The third kappa shape index (κ3) is 3.31. The smallest absolute Gasteiger partial charge is 0.274 e. The van der Waals surface area contributed by atoms with Crippen LogP contribution in [0.15, 0.2) is 42.5 Å². The van der Waals surface area contributed by atoms with E-state index in [9.17, 15) is 4.79 Å². The number of para-hydroxylation sites is 2. The van der Waals surface area contributed by atoms with Gasteiger partial charge in [-0.05, 0) is 37.1 Å². The van der Waals surface area contributed by atoms with Gasteiger partial charge in [-0.1, -0.05) is 18.2 Å². The van der Waals surface area contributed by atoms with Crippen molar-refractivity contribution in [3.8, 4) is 5.75 Å². The van der Waals surface area contributed by atoms with E-state index in [-0.39, 0.29) is 5.91 Å². The lowest BCUT2D eigenvalue weighted by atomic mass is 10.2. The first-order valence-corrected chi connectivity index (χ1v) is 6.94. The third-order valence-corrected chi connectivity index (χ3v) is 3.27. The second-order valence-electron chi connectivity index (χ2n) is 4.98. The molecule has 1 saturated carbocycles. The lowest BCUT2D eigenvalue weighted by molar-refractivity contribution is 0.102. The fourth-order valence-electron chi connectivity index (χ4n) is 2.01. The Morgan fingerprint density at radius 3 is 2.76 bits per heavy atom. The highest BCUT2D eigenvalue weighted by molar-refractivity contribution is 6.03. The number of aromatic nitrogens is 1. The van der Waals surface area contributed by atoms with Gasteiger partial charge in [0.25, 0.3) is 5.91 Å². The van der Waals surface area contributed by atoms with Gasteiger partial charge in [0, 0.05) is 6.04 Å². The summed E-state index contributed by atoms with van der Waals surface area (Å²) in [5.41, 5.74) is 1.01. The number of hydrogen-bond acceptors (Lipinski definition) is 4. The van der Waals surface area contributed by atoms with Gasteiger partial charge in [0.05, 0.1) is 12.8 Å². The average Bonchev–Trinajstić information content (AvgIpc) is 3.32. The first-order chi connectivity index (χ1) is 10.3. The van der Waals surface area contributed by atoms with E-state index in [1.807, 2.05) is 24.3 Å². The number of carbonyl (C=O) groups is 1. The highest BCUT2D eigenvalue weighted by atomic mass is 16.5. The molecular formula is C16H17N3O2. The van der Waals surface area contributed by atoms with Crippen LogP contribution in [0.2, 0.25) is 0 Å². The number of hydrogen-bond donors (Lipinski definition) is 2. The zero-order valence-corrected chi connectivity index (χ0v) is 11.8. The Hall–Kier alpha value is -2.56. The SMILES string of the molecule is COc1ccccc1NC(=O)c1cccc(NC2CC2)n1. The van der Waals surface area contributed by atoms with E-state index >= 15 is 0 Å². The molecule has 21 heavy (non-hydrogen) atoms. The predicted octanol–water partition coefficient (Wildman–Crippen LogP) is 2.92. The maximum absolute atomic E-state index is 12.3. The first kappa shape index (κ1) is 13.4. The molecular weight excluding hydrogens is 266 g/mol. The fraction of sp³-hybridized carbons (Fsp3) is 0.250. The van der Waals surface area contributed by atoms with Crippen molar-refractivity contribution >= 4 is 17.4 Å². The Labute approximate surface area is 123 Å². The number of pyridine rings is 1. The maximum Gasteiger partial charge on any atom is 0.274 e. The molecule has 0 saturated heterocycles. The van der Waals surface area contributed by atoms with Gasteiger partial charge in [-0.25, -0.2) is 4.98 Å². The minimum Gasteiger partial charge on any atom is -0.495 e. The molecule has 1 aromatic heterocycles. The standard InChI is InChI=1S/C16H17N3O2/c1-21-14-7-3-2-5-12(14)19-16(20)13-6-4-8-15(18-13)17-11-9-10-11/h2-8,11H,9-10H2,1H3,(H,17,18)(H,19,20). The van der Waals surface area contributed by atoms with Crippen molar-refractivity contribution in [2.75, 3.05) is 17.7 Å². The highest BCUT2D eigenvalue weighted by Crippen LogP contribution is 2.25. The topological polar surface area (TPSA) is 63.2 Å². The number of nitrogens with one attached hydrogen (secondary N) is 2. The lowest BCUT2D eigenvalue weighted by Gasteiger charge is -2.10. The van der Waals surface area contributed by atoms with Crippen LogP contribution in [0.1, 0.15) is 23.3 Å². The molecule has 1 aromatic carbocycles. The van der Waals surface area contributed by atoms with Gasteiger partial charge >= 0.3 is 0 Å². The molecule has 1 heterocycles. The molecule has 108 valence electrons. The van der Waals surface area contributed by atoms with E-state index in [1.165, 1.54) is 12.8 Å². The minimum atomic E-state index is -0.251. The summed E-state index contributed by atoms with van der Waals surface area (Å²) < 4.78 is 5.22. The number of anilines is 2. The normalized spacial score (nSPS) is 13.6. The van der Waals surface area contributed by atoms with Crippen molar-refractivity contribution in [1.82, 2.24) is 4.98 Å². The number of benzene rings is 1. The van der Waals surface area contributed by atoms with E-state index in [1.54, 1.807) is 25.3 Å². The highest BCUT2D eigenvalue weighted by Gasteiger charge is 2.21. The minimum absolute atomic E-state index is 0.251. The summed E-state index contributed by atoms with van der Waals surface area (Å²) in [5, 5.41) is 6.10. The van der Waals surface area contributed by atoms with Crippen molar-refractivity contribution in [2.45, 2.75) is 18.9 Å². The number of methoxy groups -OCH3 is 1. The number of nitrogens with zero attached hydrogens (tertiary/aromatic N) is 1. The summed E-state index contributed by atoms with van der Waals surface area (Å²) in [6.45, 7) is 0. The number of ether oxygens (including phenoxy) is 1. The molecule has 2 aromatic rings. The van der Waals surface area contributed by atoms with Gasteiger partial charge in [0.2, 0.25) is 0 Å². The molecule has 1 aliphatic carbocycles. The van der Waals surface area contributed by atoms with E-state index in [4.69, 9.17) is 4.74 Å². The summed E-state index contributed by atoms with van der Waals surface area (Å²) in [6.07, 6.45) is 2.33. The molecule has 1 amide bonds. The molecule has 0 bridgehead atoms. The van der Waals surface area contributed by atoms with Crippen LogP contribution in [-0.2, 0) is 0 Å². The Morgan fingerprint density at radius 2 is 2.00 bits per heavy atom. The largest absolute Gasteiger partial charge is 0.495 e. The van der Waals surface area contributed by atoms with E-state index in [2.05, 4.69) is 15.6 Å². The zero-order valence-electron chi connectivity index (χ0n) is 11.8. The monoisotopic (exact) mass is 283 g/mol. The van der Waals surface area contributed by atoms with Crippen LogP contribution in [0.4, 0.5) is 11.5 Å². The molecule has 1 fully saturated rings. The summed E-state index contributed by atoms with van der Waals surface area (Å²) >= 11 is 0. The molecule has 5 nitrogen and oxygen atoms in total. The zero-order chi connectivity index (χ0) is 14.7. The summed E-state index contributed by atoms with van der Waals surface area (Å²) in [5.74, 6) is 1.11. The van der Waals surface area contributed by atoms with Crippen LogP contribution in [0.5, 0.6) is 5.75 Å². The number of carbonyl (C=O) groups excluding carboxylic acids is 1. The van der Waals surface area contributed by atoms with Crippen LogP contribution in [0, 0.1) is 0 Å². The van der Waals surface area contributed by atoms with Gasteiger partial charge in [0.15, 0.2) is 0 Å². The molecule has 0 spiro atoms. The van der Waals surface area contributed by atoms with E-state index in [0.29, 0.717) is 23.2 Å². The number of rotatable bonds is 5. The van der Waals surface area contributed by atoms with Crippen molar-refractivity contribution in [1.29, 1.82) is 0 Å². The van der Waals surface area contributed by atoms with Crippen LogP contribution >= 0.6 is 0 Å². The Morgan fingerprint density at radius 1 is 1.19 bits per heavy atom. The molecule has 0 unspecified atom stereocenters. The molecule has 0 aliphatic heterocycles. The molecule has 5 heteroatoms. The van der Waals surface area contributed by atoms with E-state index in [0.717, 1.165) is 5.82 Å². The van der Waals surface area contributed by atoms with Crippen molar-refractivity contribution < 1.29 is 9.53 Å². The maximum atomic E-state index is 12.3. The Balaban J connectivity index is 1.75. The summed E-state index contributed by atoms with van der Waals surface area (Å²) in [7, 11) is 1.57. The molecule has 3 rings (SSSR count). The van der Waals surface area contributed by atoms with E-state index < -0.39 is 0 Å². The summed E-state index contributed by atoms with van der Waals surface area (Å²) in [6, 6.07) is 13.2. The third-order valence-electron chi connectivity index (χ3n) is 3.27. The quantitative estimate of drug-likeness (QED) is 0.885.